The summed E-state index contributed by atoms with van der Waals surface area (Å²) in [6.45, 7) is 5.96. The van der Waals surface area contributed by atoms with Gasteiger partial charge in [-0.15, -0.1) is 0 Å². The van der Waals surface area contributed by atoms with Gasteiger partial charge < -0.3 is 45.3 Å². The number of hydrogen-bond donors (Lipinski definition) is 4. The SMILES string of the molecule is CC(C)C[C@@H]1NC(=O)[C@@H](NC(=O)c2cccc(OC3CCCC3)c2)COCCCCOC[C@@H](C(=O)N(C)C)NC(=O)[C@@H]2CCCN2C(=O)[C@H](C)NC1=O. The van der Waals surface area contributed by atoms with Crippen molar-refractivity contribution in [2.24, 2.45) is 5.92 Å². The van der Waals surface area contributed by atoms with Crippen LogP contribution < -0.4 is 26.0 Å². The molecular formula is C38H58N6O9. The summed E-state index contributed by atoms with van der Waals surface area (Å²) in [5.41, 5.74) is 0.316. The normalized spacial score (nSPS) is 26.2. The Balaban J connectivity index is 1.53. The molecule has 0 aromatic heterocycles. The van der Waals surface area contributed by atoms with Gasteiger partial charge >= 0.3 is 0 Å². The third-order valence-corrected chi connectivity index (χ3v) is 9.68. The second-order valence-electron chi connectivity index (χ2n) is 14.8. The highest BCUT2D eigenvalue weighted by Crippen LogP contribution is 2.25. The number of nitrogens with zero attached hydrogens (tertiary/aromatic N) is 2. The standard InChI is InChI=1S/C38H58N6O9/c1-24(2)20-29-34(46)39-25(3)37(49)44-17-11-16-32(44)36(48)42-31(38(50)43(4)5)23-52-19-9-8-18-51-22-30(35(47)40-29)41-33(45)26-12-10-15-28(21-26)53-27-13-6-7-14-27/h10,12,15,21,24-25,27,29-32H,6-9,11,13-14,16-20,22-23H2,1-5H3,(H,39,46)(H,40,47)(H,41,45)(H,42,48)/t25-,29-,30-,31-,32-/m0/s1. The van der Waals surface area contributed by atoms with Crippen LogP contribution in [0.1, 0.15) is 88.9 Å². The first-order valence-corrected chi connectivity index (χ1v) is 19.0. The summed E-state index contributed by atoms with van der Waals surface area (Å²) in [6.07, 6.45) is 6.60. The van der Waals surface area contributed by atoms with E-state index < -0.39 is 59.7 Å². The number of rotatable bonds is 7. The van der Waals surface area contributed by atoms with Crippen molar-refractivity contribution in [3.63, 3.8) is 0 Å². The first-order valence-electron chi connectivity index (χ1n) is 19.0. The van der Waals surface area contributed by atoms with Gasteiger partial charge in [-0.25, -0.2) is 0 Å². The van der Waals surface area contributed by atoms with Crippen LogP contribution in [0.2, 0.25) is 0 Å². The zero-order chi connectivity index (χ0) is 38.5. The van der Waals surface area contributed by atoms with Crippen LogP contribution in [0.4, 0.5) is 0 Å². The van der Waals surface area contributed by atoms with E-state index >= 15 is 0 Å². The lowest BCUT2D eigenvalue weighted by Crippen LogP contribution is -2.59. The Bertz CT molecular complexity index is 1430. The molecule has 0 unspecified atom stereocenters. The molecule has 4 N–H and O–H groups in total. The third-order valence-electron chi connectivity index (χ3n) is 9.68. The lowest BCUT2D eigenvalue weighted by molar-refractivity contribution is -0.143. The number of carbonyl (C=O) groups is 6. The van der Waals surface area contributed by atoms with E-state index in [2.05, 4.69) is 21.3 Å². The smallest absolute Gasteiger partial charge is 0.252 e. The summed E-state index contributed by atoms with van der Waals surface area (Å²) in [6, 6.07) is 1.86. The van der Waals surface area contributed by atoms with E-state index in [1.54, 1.807) is 38.4 Å². The Morgan fingerprint density at radius 2 is 1.60 bits per heavy atom. The van der Waals surface area contributed by atoms with Gasteiger partial charge in [0.15, 0.2) is 0 Å². The van der Waals surface area contributed by atoms with Crippen molar-refractivity contribution in [2.45, 2.75) is 115 Å². The molecule has 1 aromatic rings. The average molecular weight is 743 g/mol. The molecule has 15 nitrogen and oxygen atoms in total. The molecule has 2 heterocycles. The molecule has 15 heteroatoms. The minimum Gasteiger partial charge on any atom is -0.490 e. The van der Waals surface area contributed by atoms with Gasteiger partial charge in [0.05, 0.1) is 19.3 Å². The Labute approximate surface area is 312 Å². The maximum atomic E-state index is 13.8. The van der Waals surface area contributed by atoms with Crippen molar-refractivity contribution < 1.29 is 43.0 Å². The minimum atomic E-state index is -1.14. The summed E-state index contributed by atoms with van der Waals surface area (Å²) >= 11 is 0. The van der Waals surface area contributed by atoms with Gasteiger partial charge in [-0.05, 0) is 88.8 Å². The number of fused-ring (bicyclic) bond motifs is 1. The highest BCUT2D eigenvalue weighted by atomic mass is 16.5. The number of ether oxygens (including phenoxy) is 3. The molecule has 294 valence electrons. The predicted octanol–water partition coefficient (Wildman–Crippen LogP) is 1.53. The summed E-state index contributed by atoms with van der Waals surface area (Å²) in [7, 11) is 3.18. The number of carbonyl (C=O) groups excluding carboxylic acids is 6. The van der Waals surface area contributed by atoms with Crippen molar-refractivity contribution in [1.82, 2.24) is 31.1 Å². The molecule has 3 fully saturated rings. The van der Waals surface area contributed by atoms with Crippen molar-refractivity contribution >= 4 is 35.4 Å². The molecule has 1 saturated carbocycles. The number of nitrogens with one attached hydrogen (secondary N) is 4. The van der Waals surface area contributed by atoms with E-state index in [0.29, 0.717) is 43.5 Å². The van der Waals surface area contributed by atoms with E-state index in [-0.39, 0.29) is 50.8 Å². The molecule has 4 rings (SSSR count). The molecule has 5 atom stereocenters. The molecule has 6 amide bonds. The minimum absolute atomic E-state index is 0.00914. The molecule has 1 aromatic carbocycles. The maximum Gasteiger partial charge on any atom is 0.252 e. The van der Waals surface area contributed by atoms with Gasteiger partial charge in [0.2, 0.25) is 29.5 Å². The Kier molecular flexibility index (Phi) is 15.9. The van der Waals surface area contributed by atoms with Crippen molar-refractivity contribution in [3.8, 4) is 5.75 Å². The van der Waals surface area contributed by atoms with Gasteiger partial charge in [-0.2, -0.15) is 0 Å². The Morgan fingerprint density at radius 3 is 2.28 bits per heavy atom. The molecule has 53 heavy (non-hydrogen) atoms. The molecular weight excluding hydrogens is 684 g/mol. The van der Waals surface area contributed by atoms with Crippen LogP contribution in [0.25, 0.3) is 0 Å². The average Bonchev–Trinajstić information content (AvgIpc) is 3.83. The number of amides is 6. The van der Waals surface area contributed by atoms with Crippen LogP contribution in [-0.2, 0) is 33.4 Å². The summed E-state index contributed by atoms with van der Waals surface area (Å²) in [5, 5.41) is 11.1. The fourth-order valence-corrected chi connectivity index (χ4v) is 6.80. The second kappa shape index (κ2) is 20.3. The predicted molar refractivity (Wildman–Crippen MR) is 196 cm³/mol. The van der Waals surface area contributed by atoms with Crippen LogP contribution in [0.15, 0.2) is 24.3 Å². The molecule has 1 aliphatic carbocycles. The number of benzene rings is 1. The van der Waals surface area contributed by atoms with Gasteiger partial charge in [0.25, 0.3) is 5.91 Å². The first-order chi connectivity index (χ1) is 25.3. The number of likely N-dealkylation sites (N-methyl/N-ethyl adjacent to an activating group) is 1. The van der Waals surface area contributed by atoms with Crippen LogP contribution >= 0.6 is 0 Å². The highest BCUT2D eigenvalue weighted by molar-refractivity contribution is 5.99. The third kappa shape index (κ3) is 12.4. The fourth-order valence-electron chi connectivity index (χ4n) is 6.80. The quantitative estimate of drug-likeness (QED) is 0.322. The van der Waals surface area contributed by atoms with Crippen molar-refractivity contribution in [2.75, 3.05) is 47.1 Å². The zero-order valence-corrected chi connectivity index (χ0v) is 31.8. The molecule has 0 radical (unpaired) electrons. The van der Waals surface area contributed by atoms with E-state index in [1.165, 1.54) is 16.7 Å². The summed E-state index contributed by atoms with van der Waals surface area (Å²) in [5.74, 6) is -2.39. The van der Waals surface area contributed by atoms with Crippen molar-refractivity contribution in [3.05, 3.63) is 29.8 Å². The molecule has 0 spiro atoms. The van der Waals surface area contributed by atoms with E-state index in [4.69, 9.17) is 14.2 Å². The lowest BCUT2D eigenvalue weighted by atomic mass is 10.0. The van der Waals surface area contributed by atoms with Gasteiger partial charge in [0, 0.05) is 39.4 Å². The first kappa shape index (κ1) is 41.5. The highest BCUT2D eigenvalue weighted by Gasteiger charge is 2.39. The topological polar surface area (TPSA) is 185 Å². The van der Waals surface area contributed by atoms with Gasteiger partial charge in [-0.1, -0.05) is 19.9 Å². The summed E-state index contributed by atoms with van der Waals surface area (Å²) in [4.78, 5) is 83.8. The zero-order valence-electron chi connectivity index (χ0n) is 31.8. The Hall–Kier alpha value is -4.24. The van der Waals surface area contributed by atoms with Crippen LogP contribution in [-0.4, -0.2) is 129 Å². The molecule has 2 saturated heterocycles. The van der Waals surface area contributed by atoms with E-state index in [1.807, 2.05) is 13.8 Å². The van der Waals surface area contributed by atoms with Crippen LogP contribution in [0, 0.1) is 5.92 Å². The monoisotopic (exact) mass is 742 g/mol. The summed E-state index contributed by atoms with van der Waals surface area (Å²) < 4.78 is 17.7. The van der Waals surface area contributed by atoms with E-state index in [0.717, 1.165) is 25.7 Å². The second-order valence-corrected chi connectivity index (χ2v) is 14.8. The van der Waals surface area contributed by atoms with Gasteiger partial charge in [-0.3, -0.25) is 28.8 Å². The Morgan fingerprint density at radius 1 is 0.906 bits per heavy atom. The maximum absolute atomic E-state index is 13.8. The molecule has 0 bridgehead atoms. The lowest BCUT2D eigenvalue weighted by Gasteiger charge is -2.30. The van der Waals surface area contributed by atoms with Crippen LogP contribution in [0.5, 0.6) is 5.75 Å². The molecule has 2 aliphatic heterocycles. The number of hydrogen-bond acceptors (Lipinski definition) is 9. The van der Waals surface area contributed by atoms with Gasteiger partial charge in [0.1, 0.15) is 36.0 Å². The fraction of sp³-hybridized carbons (Fsp3) is 0.684. The van der Waals surface area contributed by atoms with E-state index in [9.17, 15) is 28.8 Å². The van der Waals surface area contributed by atoms with Crippen molar-refractivity contribution in [1.29, 1.82) is 0 Å². The molecule has 3 aliphatic rings. The largest absolute Gasteiger partial charge is 0.490 e. The van der Waals surface area contributed by atoms with Crippen LogP contribution in [0.3, 0.4) is 0 Å².